The lowest BCUT2D eigenvalue weighted by molar-refractivity contribution is -0.137. The third-order valence-corrected chi connectivity index (χ3v) is 4.22. The Hall–Kier alpha value is -2.63. The van der Waals surface area contributed by atoms with Gasteiger partial charge in [0.05, 0.1) is 5.69 Å². The summed E-state index contributed by atoms with van der Waals surface area (Å²) >= 11 is 0. The second-order valence-electron chi connectivity index (χ2n) is 7.11. The molecular weight excluding hydrogens is 316 g/mol. The first kappa shape index (κ1) is 18.7. The molecule has 0 aliphatic heterocycles. The van der Waals surface area contributed by atoms with E-state index in [1.165, 1.54) is 0 Å². The van der Waals surface area contributed by atoms with Crippen LogP contribution >= 0.6 is 0 Å². The molecule has 6 heteroatoms. The summed E-state index contributed by atoms with van der Waals surface area (Å²) in [4.78, 5) is 28.1. The average molecular weight is 342 g/mol. The number of hydrogen-bond acceptors (Lipinski definition) is 3. The van der Waals surface area contributed by atoms with Crippen LogP contribution in [-0.2, 0) is 10.3 Å². The molecule has 0 saturated carbocycles. The molecule has 2 aromatic rings. The maximum Gasteiger partial charge on any atom is 0.254 e. The van der Waals surface area contributed by atoms with Crippen LogP contribution in [0.25, 0.3) is 11.3 Å². The van der Waals surface area contributed by atoms with Crippen molar-refractivity contribution < 1.29 is 9.59 Å². The van der Waals surface area contributed by atoms with Gasteiger partial charge in [0.15, 0.2) is 0 Å². The van der Waals surface area contributed by atoms with Gasteiger partial charge >= 0.3 is 0 Å². The molecule has 134 valence electrons. The van der Waals surface area contributed by atoms with E-state index in [-0.39, 0.29) is 11.8 Å². The Morgan fingerprint density at radius 1 is 1.04 bits per heavy atom. The summed E-state index contributed by atoms with van der Waals surface area (Å²) in [7, 11) is 6.91. The number of amides is 2. The van der Waals surface area contributed by atoms with Crippen LogP contribution in [0.5, 0.6) is 0 Å². The number of nitrogens with zero attached hydrogens (tertiary/aromatic N) is 4. The summed E-state index contributed by atoms with van der Waals surface area (Å²) in [5, 5.41) is 4.66. The van der Waals surface area contributed by atoms with E-state index >= 15 is 0 Å². The Morgan fingerprint density at radius 3 is 2.20 bits per heavy atom. The molecule has 0 radical (unpaired) electrons. The van der Waals surface area contributed by atoms with Gasteiger partial charge in [-0.15, -0.1) is 0 Å². The number of likely N-dealkylation sites (N-methyl/N-ethyl adjacent to an activating group) is 1. The summed E-state index contributed by atoms with van der Waals surface area (Å²) < 4.78 is 1.68. The lowest BCUT2D eigenvalue weighted by atomic mass is 10.0. The fourth-order valence-corrected chi connectivity index (χ4v) is 2.77. The summed E-state index contributed by atoms with van der Waals surface area (Å²) in [6.07, 6.45) is 1.85. The quantitative estimate of drug-likeness (QED) is 0.857. The van der Waals surface area contributed by atoms with Crippen molar-refractivity contribution in [2.24, 2.45) is 0 Å². The first-order valence-electron chi connectivity index (χ1n) is 8.17. The van der Waals surface area contributed by atoms with Gasteiger partial charge in [0, 0.05) is 45.5 Å². The van der Waals surface area contributed by atoms with Crippen molar-refractivity contribution in [2.45, 2.75) is 26.3 Å². The first-order valence-corrected chi connectivity index (χ1v) is 8.17. The topological polar surface area (TPSA) is 58.4 Å². The van der Waals surface area contributed by atoms with E-state index < -0.39 is 5.54 Å². The van der Waals surface area contributed by atoms with Gasteiger partial charge in [0.2, 0.25) is 5.91 Å². The van der Waals surface area contributed by atoms with Crippen LogP contribution in [0.1, 0.15) is 29.8 Å². The van der Waals surface area contributed by atoms with E-state index in [4.69, 9.17) is 0 Å². The van der Waals surface area contributed by atoms with Crippen molar-refractivity contribution >= 4 is 11.8 Å². The highest BCUT2D eigenvalue weighted by Gasteiger charge is 2.33. The SMILES string of the molecule is Cc1cn(C(C)(C)C(=O)N(C)C)nc1-c1ccccc1C(=O)N(C)C. The van der Waals surface area contributed by atoms with Gasteiger partial charge in [-0.1, -0.05) is 18.2 Å². The van der Waals surface area contributed by atoms with Crippen LogP contribution in [0, 0.1) is 6.92 Å². The van der Waals surface area contributed by atoms with Crippen molar-refractivity contribution in [1.29, 1.82) is 0 Å². The number of benzene rings is 1. The molecule has 0 aliphatic rings. The lowest BCUT2D eigenvalue weighted by Gasteiger charge is -2.27. The highest BCUT2D eigenvalue weighted by molar-refractivity contribution is 6.00. The van der Waals surface area contributed by atoms with E-state index in [2.05, 4.69) is 5.10 Å². The number of aromatic nitrogens is 2. The zero-order valence-electron chi connectivity index (χ0n) is 16.0. The monoisotopic (exact) mass is 342 g/mol. The highest BCUT2D eigenvalue weighted by atomic mass is 16.2. The van der Waals surface area contributed by atoms with Gasteiger partial charge in [-0.05, 0) is 32.4 Å². The highest BCUT2D eigenvalue weighted by Crippen LogP contribution is 2.28. The van der Waals surface area contributed by atoms with Crippen molar-refractivity contribution in [1.82, 2.24) is 19.6 Å². The third kappa shape index (κ3) is 3.43. The molecule has 0 spiro atoms. The molecule has 6 nitrogen and oxygen atoms in total. The molecule has 0 atom stereocenters. The maximum atomic E-state index is 12.5. The maximum absolute atomic E-state index is 12.5. The van der Waals surface area contributed by atoms with Gasteiger partial charge in [0.25, 0.3) is 5.91 Å². The number of rotatable bonds is 4. The minimum Gasteiger partial charge on any atom is -0.347 e. The fraction of sp³-hybridized carbons (Fsp3) is 0.421. The molecule has 0 fully saturated rings. The van der Waals surface area contributed by atoms with E-state index in [0.29, 0.717) is 11.3 Å². The number of carbonyl (C=O) groups excluding carboxylic acids is 2. The van der Waals surface area contributed by atoms with Crippen LogP contribution < -0.4 is 0 Å². The standard InChI is InChI=1S/C19H26N4O2/c1-13-12-23(19(2,3)18(25)22(6)7)20-16(13)14-10-8-9-11-15(14)17(24)21(4)5/h8-12H,1-7H3. The molecule has 1 aromatic carbocycles. The summed E-state index contributed by atoms with van der Waals surface area (Å²) in [6.45, 7) is 5.61. The second-order valence-corrected chi connectivity index (χ2v) is 7.11. The molecule has 0 N–H and O–H groups in total. The third-order valence-electron chi connectivity index (χ3n) is 4.22. The predicted octanol–water partition coefficient (Wildman–Crippen LogP) is 2.38. The Kier molecular flexibility index (Phi) is 5.02. The molecule has 25 heavy (non-hydrogen) atoms. The van der Waals surface area contributed by atoms with Gasteiger partial charge in [-0.25, -0.2) is 0 Å². The number of carbonyl (C=O) groups is 2. The van der Waals surface area contributed by atoms with Gasteiger partial charge < -0.3 is 9.80 Å². The molecular formula is C19H26N4O2. The smallest absolute Gasteiger partial charge is 0.254 e. The van der Waals surface area contributed by atoms with Crippen molar-refractivity contribution in [3.8, 4) is 11.3 Å². The van der Waals surface area contributed by atoms with Crippen LogP contribution in [-0.4, -0.2) is 59.6 Å². The van der Waals surface area contributed by atoms with E-state index in [1.54, 1.807) is 48.7 Å². The Bertz CT molecular complexity index is 804. The lowest BCUT2D eigenvalue weighted by Crippen LogP contribution is -2.44. The van der Waals surface area contributed by atoms with Crippen molar-refractivity contribution in [3.05, 3.63) is 41.6 Å². The van der Waals surface area contributed by atoms with E-state index in [1.807, 2.05) is 45.2 Å². The van der Waals surface area contributed by atoms with Gasteiger partial charge in [-0.3, -0.25) is 14.3 Å². The van der Waals surface area contributed by atoms with Crippen LogP contribution in [0.4, 0.5) is 0 Å². The Balaban J connectivity index is 2.56. The summed E-state index contributed by atoms with van der Waals surface area (Å²) in [6, 6.07) is 7.41. The Labute approximate surface area is 149 Å². The number of hydrogen-bond donors (Lipinski definition) is 0. The Morgan fingerprint density at radius 2 is 1.64 bits per heavy atom. The molecule has 1 aromatic heterocycles. The average Bonchev–Trinajstić information content (AvgIpc) is 2.95. The molecule has 0 unspecified atom stereocenters. The first-order chi connectivity index (χ1) is 11.6. The van der Waals surface area contributed by atoms with Crippen LogP contribution in [0.2, 0.25) is 0 Å². The van der Waals surface area contributed by atoms with E-state index in [9.17, 15) is 9.59 Å². The molecule has 0 aliphatic carbocycles. The minimum atomic E-state index is -0.812. The van der Waals surface area contributed by atoms with Crippen molar-refractivity contribution in [3.63, 3.8) is 0 Å². The number of aryl methyl sites for hydroxylation is 1. The van der Waals surface area contributed by atoms with Gasteiger partial charge in [0.1, 0.15) is 5.54 Å². The largest absolute Gasteiger partial charge is 0.347 e. The van der Waals surface area contributed by atoms with E-state index in [0.717, 1.165) is 11.1 Å². The minimum absolute atomic E-state index is 0.0424. The van der Waals surface area contributed by atoms with Gasteiger partial charge in [-0.2, -0.15) is 5.10 Å². The molecule has 0 saturated heterocycles. The summed E-state index contributed by atoms with van der Waals surface area (Å²) in [5.41, 5.74) is 2.18. The molecule has 1 heterocycles. The normalized spacial score (nSPS) is 11.3. The second kappa shape index (κ2) is 6.70. The zero-order chi connectivity index (χ0) is 18.9. The van der Waals surface area contributed by atoms with Crippen LogP contribution in [0.3, 0.4) is 0 Å². The zero-order valence-corrected chi connectivity index (χ0v) is 16.0. The molecule has 0 bridgehead atoms. The molecule has 2 rings (SSSR count). The summed E-state index contributed by atoms with van der Waals surface area (Å²) in [5.74, 6) is -0.118. The predicted molar refractivity (Wildman–Crippen MR) is 98.4 cm³/mol. The van der Waals surface area contributed by atoms with Crippen molar-refractivity contribution in [2.75, 3.05) is 28.2 Å². The van der Waals surface area contributed by atoms with Crippen LogP contribution in [0.15, 0.2) is 30.5 Å². The fourth-order valence-electron chi connectivity index (χ4n) is 2.77. The molecule has 2 amide bonds.